The molecule has 11 heteroatoms. The van der Waals surface area contributed by atoms with Crippen molar-refractivity contribution < 1.29 is 13.2 Å². The van der Waals surface area contributed by atoms with E-state index in [0.717, 1.165) is 0 Å². The monoisotopic (exact) mass is 403 g/mol. The van der Waals surface area contributed by atoms with Gasteiger partial charge in [0.2, 0.25) is 5.95 Å². The number of nitrogens with one attached hydrogen (secondary N) is 2. The van der Waals surface area contributed by atoms with E-state index in [0.29, 0.717) is 6.54 Å². The number of amides is 1. The Morgan fingerprint density at radius 2 is 2.08 bits per heavy atom. The van der Waals surface area contributed by atoms with Crippen molar-refractivity contribution in [3.05, 3.63) is 29.0 Å². The van der Waals surface area contributed by atoms with E-state index in [1.54, 1.807) is 4.57 Å². The van der Waals surface area contributed by atoms with Gasteiger partial charge >= 0.3 is 0 Å². The second-order valence-corrected chi connectivity index (χ2v) is 8.22. The highest BCUT2D eigenvalue weighted by molar-refractivity contribution is 7.93. The lowest BCUT2D eigenvalue weighted by molar-refractivity contribution is 0.0963. The highest BCUT2D eigenvalue weighted by Crippen LogP contribution is 2.28. The molecule has 0 bridgehead atoms. The molecule has 0 unspecified atom stereocenters. The predicted molar refractivity (Wildman–Crippen MR) is 97.8 cm³/mol. The number of anilines is 1. The summed E-state index contributed by atoms with van der Waals surface area (Å²) in [6.45, 7) is 4.51. The molecule has 2 aromatic rings. The molecule has 136 valence electrons. The first-order valence-electron chi connectivity index (χ1n) is 7.31. The van der Waals surface area contributed by atoms with E-state index in [1.165, 1.54) is 25.5 Å². The van der Waals surface area contributed by atoms with Crippen molar-refractivity contribution in [2.24, 2.45) is 5.92 Å². The van der Waals surface area contributed by atoms with E-state index in [1.807, 2.05) is 13.8 Å². The number of thiol groups is 1. The van der Waals surface area contributed by atoms with Gasteiger partial charge in [-0.15, -0.1) is 22.8 Å². The zero-order valence-corrected chi connectivity index (χ0v) is 16.3. The van der Waals surface area contributed by atoms with Crippen molar-refractivity contribution in [3.63, 3.8) is 0 Å². The molecule has 0 saturated heterocycles. The summed E-state index contributed by atoms with van der Waals surface area (Å²) in [7, 11) is -2.62. The van der Waals surface area contributed by atoms with Crippen molar-refractivity contribution in [3.8, 4) is 0 Å². The van der Waals surface area contributed by atoms with Crippen LogP contribution in [0.5, 0.6) is 0 Å². The van der Waals surface area contributed by atoms with Gasteiger partial charge in [0, 0.05) is 18.5 Å². The lowest BCUT2D eigenvalue weighted by Crippen LogP contribution is -2.21. The van der Waals surface area contributed by atoms with Crippen molar-refractivity contribution in [2.45, 2.75) is 30.2 Å². The van der Waals surface area contributed by atoms with E-state index in [9.17, 15) is 13.2 Å². The zero-order valence-electron chi connectivity index (χ0n) is 13.8. The average Bonchev–Trinajstić information content (AvgIpc) is 2.91. The smallest absolute Gasteiger partial charge is 0.265 e. The van der Waals surface area contributed by atoms with Gasteiger partial charge in [0.1, 0.15) is 11.2 Å². The van der Waals surface area contributed by atoms with Crippen LogP contribution in [-0.2, 0) is 16.6 Å². The number of rotatable bonds is 6. The van der Waals surface area contributed by atoms with E-state index < -0.39 is 15.9 Å². The molecular formula is C14H18ClN5O3S2. The molecule has 25 heavy (non-hydrogen) atoms. The Kier molecular flexibility index (Phi) is 5.96. The molecule has 0 aliphatic carbocycles. The number of carbonyl (C=O) groups excluding carboxylic acids is 1. The number of aromatic nitrogens is 3. The molecule has 2 rings (SSSR count). The molecule has 0 aliphatic heterocycles. The molecule has 2 N–H and O–H groups in total. The minimum atomic E-state index is -4.04. The Labute approximate surface area is 156 Å². The quantitative estimate of drug-likeness (QED) is 0.640. The fraction of sp³-hybridized carbons (Fsp3) is 0.357. The summed E-state index contributed by atoms with van der Waals surface area (Å²) in [5.74, 6) is -0.147. The highest BCUT2D eigenvalue weighted by atomic mass is 35.5. The summed E-state index contributed by atoms with van der Waals surface area (Å²) in [4.78, 5) is 11.8. The van der Waals surface area contributed by atoms with Crippen molar-refractivity contribution >= 4 is 46.1 Å². The van der Waals surface area contributed by atoms with Crippen LogP contribution in [0.2, 0.25) is 5.02 Å². The van der Waals surface area contributed by atoms with Crippen LogP contribution in [0.15, 0.2) is 28.3 Å². The Bertz CT molecular complexity index is 896. The molecule has 0 spiro atoms. The molecular weight excluding hydrogens is 386 g/mol. The van der Waals surface area contributed by atoms with E-state index in [-0.39, 0.29) is 32.2 Å². The summed E-state index contributed by atoms with van der Waals surface area (Å²) >= 11 is 10.2. The first kappa shape index (κ1) is 19.5. The van der Waals surface area contributed by atoms with Crippen LogP contribution in [0, 0.1) is 5.92 Å². The Hall–Kier alpha value is -1.78. The largest absolute Gasteiger partial charge is 0.355 e. The van der Waals surface area contributed by atoms with Gasteiger partial charge in [0.15, 0.2) is 0 Å². The van der Waals surface area contributed by atoms with Crippen LogP contribution in [0.3, 0.4) is 0 Å². The number of halogens is 1. The van der Waals surface area contributed by atoms with E-state index >= 15 is 0 Å². The molecule has 1 aromatic heterocycles. The molecule has 1 amide bonds. The molecule has 0 saturated carbocycles. The third-order valence-corrected chi connectivity index (χ3v) is 5.41. The minimum Gasteiger partial charge on any atom is -0.355 e. The Morgan fingerprint density at radius 3 is 2.68 bits per heavy atom. The highest BCUT2D eigenvalue weighted by Gasteiger charge is 2.23. The lowest BCUT2D eigenvalue weighted by atomic mass is 10.2. The van der Waals surface area contributed by atoms with Gasteiger partial charge in [-0.1, -0.05) is 25.4 Å². The van der Waals surface area contributed by atoms with Gasteiger partial charge in [-0.2, -0.15) is 0 Å². The van der Waals surface area contributed by atoms with Gasteiger partial charge in [-0.05, 0) is 18.1 Å². The minimum absolute atomic E-state index is 0.0333. The number of benzene rings is 1. The molecule has 1 heterocycles. The SMILES string of the molecule is CNC(=O)c1cc(S(=O)(=O)Nc2nncn2CC(C)C)c(S)cc1Cl. The van der Waals surface area contributed by atoms with Crippen LogP contribution in [-0.4, -0.2) is 36.1 Å². The predicted octanol–water partition coefficient (Wildman–Crippen LogP) is 2.04. The summed E-state index contributed by atoms with van der Waals surface area (Å²) < 4.78 is 29.4. The zero-order chi connectivity index (χ0) is 18.8. The Morgan fingerprint density at radius 1 is 1.40 bits per heavy atom. The van der Waals surface area contributed by atoms with Crippen molar-refractivity contribution in [1.29, 1.82) is 0 Å². The normalized spacial score (nSPS) is 11.6. The molecule has 1 aromatic carbocycles. The summed E-state index contributed by atoms with van der Waals surface area (Å²) in [5.41, 5.74) is 0.0333. The fourth-order valence-corrected chi connectivity index (χ4v) is 4.10. The van der Waals surface area contributed by atoms with E-state index in [4.69, 9.17) is 11.6 Å². The van der Waals surface area contributed by atoms with Crippen LogP contribution < -0.4 is 10.0 Å². The van der Waals surface area contributed by atoms with Crippen LogP contribution in [0.4, 0.5) is 5.95 Å². The maximum atomic E-state index is 12.7. The number of nitrogens with zero attached hydrogens (tertiary/aromatic N) is 3. The molecule has 8 nitrogen and oxygen atoms in total. The van der Waals surface area contributed by atoms with E-state index in [2.05, 4.69) is 32.9 Å². The topological polar surface area (TPSA) is 106 Å². The maximum absolute atomic E-state index is 12.7. The maximum Gasteiger partial charge on any atom is 0.265 e. The first-order chi connectivity index (χ1) is 11.7. The van der Waals surface area contributed by atoms with Crippen molar-refractivity contribution in [2.75, 3.05) is 11.8 Å². The average molecular weight is 404 g/mol. The van der Waals surface area contributed by atoms with Gasteiger partial charge in [-0.25, -0.2) is 13.1 Å². The van der Waals surface area contributed by atoms with Crippen LogP contribution in [0.25, 0.3) is 0 Å². The molecule has 0 radical (unpaired) electrons. The molecule has 0 fully saturated rings. The fourth-order valence-electron chi connectivity index (χ4n) is 2.10. The third kappa shape index (κ3) is 4.44. The first-order valence-corrected chi connectivity index (χ1v) is 9.61. The van der Waals surface area contributed by atoms with Gasteiger partial charge in [-0.3, -0.25) is 9.36 Å². The third-order valence-electron chi connectivity index (χ3n) is 3.21. The standard InChI is InChI=1S/C14H18ClN5O3S2/c1-8(2)6-20-7-17-18-14(20)19-25(22,23)12-4-9(13(21)16-3)10(15)5-11(12)24/h4-5,7-8,24H,6H2,1-3H3,(H,16,21)(H,18,19). The lowest BCUT2D eigenvalue weighted by Gasteiger charge is -2.13. The van der Waals surface area contributed by atoms with Crippen LogP contribution in [0.1, 0.15) is 24.2 Å². The second kappa shape index (κ2) is 7.63. The molecule has 0 aliphatic rings. The summed E-state index contributed by atoms with van der Waals surface area (Å²) in [5, 5.41) is 10.0. The number of hydrogen-bond acceptors (Lipinski definition) is 6. The van der Waals surface area contributed by atoms with Gasteiger partial charge in [0.25, 0.3) is 15.9 Å². The summed E-state index contributed by atoms with van der Waals surface area (Å²) in [6.07, 6.45) is 1.44. The van der Waals surface area contributed by atoms with Gasteiger partial charge in [0.05, 0.1) is 10.6 Å². The van der Waals surface area contributed by atoms with Gasteiger partial charge < -0.3 is 5.32 Å². The second-order valence-electron chi connectivity index (χ2n) is 5.69. The number of carbonyl (C=O) groups is 1. The molecule has 0 atom stereocenters. The Balaban J connectivity index is 2.44. The summed E-state index contributed by atoms with van der Waals surface area (Å²) in [6, 6.07) is 2.48. The van der Waals surface area contributed by atoms with Crippen molar-refractivity contribution in [1.82, 2.24) is 20.1 Å². The van der Waals surface area contributed by atoms with Crippen LogP contribution >= 0.6 is 24.2 Å². The number of hydrogen-bond donors (Lipinski definition) is 3. The number of sulfonamides is 1.